The summed E-state index contributed by atoms with van der Waals surface area (Å²) in [6.07, 6.45) is 1.86. The van der Waals surface area contributed by atoms with Crippen molar-refractivity contribution in [3.63, 3.8) is 0 Å². The van der Waals surface area contributed by atoms with Gasteiger partial charge in [0, 0.05) is 11.3 Å². The van der Waals surface area contributed by atoms with Crippen LogP contribution in [0.15, 0.2) is 24.3 Å². The lowest BCUT2D eigenvalue weighted by Gasteiger charge is -2.06. The first kappa shape index (κ1) is 18.5. The fourth-order valence-electron chi connectivity index (χ4n) is 2.68. The number of nitrogens with zero attached hydrogens (tertiary/aromatic N) is 1. The van der Waals surface area contributed by atoms with Gasteiger partial charge in [0.2, 0.25) is 5.91 Å². The van der Waals surface area contributed by atoms with E-state index in [2.05, 4.69) is 16.4 Å². The second kappa shape index (κ2) is 7.97. The zero-order valence-electron chi connectivity index (χ0n) is 14.9. The first-order valence-corrected chi connectivity index (χ1v) is 9.95. The molecule has 2 aromatic heterocycles. The quantitative estimate of drug-likeness (QED) is 0.620. The lowest BCUT2D eigenvalue weighted by molar-refractivity contribution is -0.116. The molecule has 1 aromatic carbocycles. The molecule has 136 valence electrons. The van der Waals surface area contributed by atoms with E-state index in [4.69, 9.17) is 4.74 Å². The molecule has 0 saturated heterocycles. The van der Waals surface area contributed by atoms with Gasteiger partial charge in [-0.25, -0.2) is 9.78 Å². The van der Waals surface area contributed by atoms with Crippen LogP contribution in [-0.2, 0) is 16.0 Å². The van der Waals surface area contributed by atoms with E-state index in [1.54, 1.807) is 11.3 Å². The summed E-state index contributed by atoms with van der Waals surface area (Å²) in [5.41, 5.74) is 2.31. The number of anilines is 1. The number of amides is 1. The highest BCUT2D eigenvalue weighted by molar-refractivity contribution is 7.18. The van der Waals surface area contributed by atoms with Gasteiger partial charge in [0.1, 0.15) is 5.00 Å². The van der Waals surface area contributed by atoms with E-state index in [0.29, 0.717) is 23.4 Å². The maximum absolute atomic E-state index is 12.3. The van der Waals surface area contributed by atoms with Crippen molar-refractivity contribution < 1.29 is 14.3 Å². The van der Waals surface area contributed by atoms with Crippen molar-refractivity contribution in [2.75, 3.05) is 12.4 Å². The van der Waals surface area contributed by atoms with Crippen molar-refractivity contribution >= 4 is 49.8 Å². The number of thiazole rings is 1. The van der Waals surface area contributed by atoms with Crippen LogP contribution in [0.5, 0.6) is 0 Å². The van der Waals surface area contributed by atoms with Gasteiger partial charge in [-0.15, -0.1) is 22.7 Å². The molecule has 0 fully saturated rings. The highest BCUT2D eigenvalue weighted by Gasteiger charge is 2.21. The Morgan fingerprint density at radius 3 is 2.69 bits per heavy atom. The van der Waals surface area contributed by atoms with E-state index in [1.165, 1.54) is 23.1 Å². The Bertz CT molecular complexity index is 926. The number of esters is 1. The Kier molecular flexibility index (Phi) is 5.68. The van der Waals surface area contributed by atoms with Crippen LogP contribution in [0, 0.1) is 13.8 Å². The van der Waals surface area contributed by atoms with Crippen LogP contribution in [-0.4, -0.2) is 24.0 Å². The third-order valence-electron chi connectivity index (χ3n) is 4.16. The Balaban J connectivity index is 1.59. The van der Waals surface area contributed by atoms with Crippen LogP contribution in [0.4, 0.5) is 5.00 Å². The molecule has 3 rings (SSSR count). The molecule has 0 aliphatic rings. The number of para-hydroxylation sites is 1. The molecule has 3 aromatic rings. The summed E-state index contributed by atoms with van der Waals surface area (Å²) >= 11 is 3.07. The molecule has 0 spiro atoms. The first-order chi connectivity index (χ1) is 12.5. The number of ether oxygens (including phenoxy) is 1. The number of nitrogens with one attached hydrogen (secondary N) is 1. The molecule has 0 unspecified atom stereocenters. The molecule has 0 radical (unpaired) electrons. The highest BCUT2D eigenvalue weighted by Crippen LogP contribution is 2.33. The van der Waals surface area contributed by atoms with E-state index in [9.17, 15) is 9.59 Å². The number of carbonyl (C=O) groups is 2. The van der Waals surface area contributed by atoms with Gasteiger partial charge in [0.25, 0.3) is 0 Å². The Morgan fingerprint density at radius 2 is 1.96 bits per heavy atom. The topological polar surface area (TPSA) is 68.3 Å². The van der Waals surface area contributed by atoms with Crippen LogP contribution in [0.3, 0.4) is 0 Å². The fraction of sp³-hybridized carbons (Fsp3) is 0.316. The van der Waals surface area contributed by atoms with Gasteiger partial charge < -0.3 is 10.1 Å². The van der Waals surface area contributed by atoms with E-state index in [0.717, 1.165) is 27.4 Å². The van der Waals surface area contributed by atoms with Crippen LogP contribution < -0.4 is 5.32 Å². The van der Waals surface area contributed by atoms with Gasteiger partial charge in [0.05, 0.1) is 27.9 Å². The highest BCUT2D eigenvalue weighted by atomic mass is 32.1. The number of rotatable bonds is 6. The predicted octanol–water partition coefficient (Wildman–Crippen LogP) is 4.72. The average Bonchev–Trinajstić information content (AvgIpc) is 3.15. The van der Waals surface area contributed by atoms with E-state index < -0.39 is 5.97 Å². The van der Waals surface area contributed by atoms with Crippen LogP contribution in [0.25, 0.3) is 10.2 Å². The van der Waals surface area contributed by atoms with Crippen LogP contribution in [0.1, 0.15) is 38.6 Å². The minimum absolute atomic E-state index is 0.0995. The van der Waals surface area contributed by atoms with E-state index in [1.807, 2.05) is 32.0 Å². The molecule has 0 saturated carbocycles. The number of benzene rings is 1. The summed E-state index contributed by atoms with van der Waals surface area (Å²) in [4.78, 5) is 29.8. The van der Waals surface area contributed by atoms with Crippen molar-refractivity contribution in [3.8, 4) is 0 Å². The molecular weight excluding hydrogens is 368 g/mol. The first-order valence-electron chi connectivity index (χ1n) is 8.32. The molecule has 1 amide bonds. The number of fused-ring (bicyclic) bond motifs is 1. The smallest absolute Gasteiger partial charge is 0.341 e. The van der Waals surface area contributed by atoms with Crippen molar-refractivity contribution in [2.45, 2.75) is 33.1 Å². The van der Waals surface area contributed by atoms with Gasteiger partial charge in [-0.2, -0.15) is 0 Å². The van der Waals surface area contributed by atoms with Gasteiger partial charge in [-0.1, -0.05) is 12.1 Å². The lowest BCUT2D eigenvalue weighted by Crippen LogP contribution is -2.14. The normalized spacial score (nSPS) is 10.9. The number of carbonyl (C=O) groups excluding carboxylic acids is 2. The van der Waals surface area contributed by atoms with Crippen molar-refractivity contribution in [3.05, 3.63) is 45.3 Å². The zero-order chi connectivity index (χ0) is 18.7. The van der Waals surface area contributed by atoms with E-state index >= 15 is 0 Å². The number of methoxy groups -OCH3 is 1. The maximum Gasteiger partial charge on any atom is 0.341 e. The summed E-state index contributed by atoms with van der Waals surface area (Å²) in [7, 11) is 1.35. The van der Waals surface area contributed by atoms with E-state index in [-0.39, 0.29) is 5.91 Å². The molecule has 0 aliphatic heterocycles. The molecule has 5 nitrogen and oxygen atoms in total. The van der Waals surface area contributed by atoms with Gasteiger partial charge >= 0.3 is 5.97 Å². The third kappa shape index (κ3) is 3.94. The molecule has 1 N–H and O–H groups in total. The van der Waals surface area contributed by atoms with Gasteiger partial charge in [-0.05, 0) is 44.4 Å². The summed E-state index contributed by atoms with van der Waals surface area (Å²) in [6, 6.07) is 8.03. The molecule has 0 aliphatic carbocycles. The summed E-state index contributed by atoms with van der Waals surface area (Å²) in [6.45, 7) is 3.79. The SMILES string of the molecule is COC(=O)c1c(NC(=O)CCCc2nc3ccccc3s2)sc(C)c1C. The van der Waals surface area contributed by atoms with Crippen LogP contribution in [0.2, 0.25) is 0 Å². The number of hydrogen-bond donors (Lipinski definition) is 1. The lowest BCUT2D eigenvalue weighted by atomic mass is 10.1. The summed E-state index contributed by atoms with van der Waals surface area (Å²) in [5.74, 6) is -0.519. The van der Waals surface area contributed by atoms with Crippen LogP contribution >= 0.6 is 22.7 Å². The van der Waals surface area contributed by atoms with Crippen molar-refractivity contribution in [1.29, 1.82) is 0 Å². The number of aromatic nitrogens is 1. The van der Waals surface area contributed by atoms with Gasteiger partial charge in [0.15, 0.2) is 0 Å². The molecular formula is C19H20N2O3S2. The second-order valence-corrected chi connectivity index (χ2v) is 8.30. The maximum atomic E-state index is 12.3. The summed E-state index contributed by atoms with van der Waals surface area (Å²) < 4.78 is 6.00. The second-order valence-electron chi connectivity index (χ2n) is 5.96. The fourth-order valence-corrected chi connectivity index (χ4v) is 4.75. The zero-order valence-corrected chi connectivity index (χ0v) is 16.6. The number of hydrogen-bond acceptors (Lipinski definition) is 6. The largest absolute Gasteiger partial charge is 0.465 e. The monoisotopic (exact) mass is 388 g/mol. The Morgan fingerprint density at radius 1 is 1.19 bits per heavy atom. The van der Waals surface area contributed by atoms with Crippen molar-refractivity contribution in [1.82, 2.24) is 4.98 Å². The van der Waals surface area contributed by atoms with Crippen molar-refractivity contribution in [2.24, 2.45) is 0 Å². The Labute approximate surface area is 160 Å². The summed E-state index contributed by atoms with van der Waals surface area (Å²) in [5, 5.41) is 4.47. The number of aryl methyl sites for hydroxylation is 2. The molecule has 26 heavy (non-hydrogen) atoms. The Hall–Kier alpha value is -2.25. The third-order valence-corrected chi connectivity index (χ3v) is 6.38. The molecule has 2 heterocycles. The minimum atomic E-state index is -0.420. The standard InChI is InChI=1S/C19H20N2O3S2/c1-11-12(2)25-18(17(11)19(23)24-3)21-15(22)9-6-10-16-20-13-7-4-5-8-14(13)26-16/h4-5,7-8H,6,9-10H2,1-3H3,(H,21,22). The minimum Gasteiger partial charge on any atom is -0.465 e. The molecule has 0 atom stereocenters. The average molecular weight is 389 g/mol. The predicted molar refractivity (Wildman–Crippen MR) is 106 cm³/mol. The van der Waals surface area contributed by atoms with Gasteiger partial charge in [-0.3, -0.25) is 4.79 Å². The number of thiophene rings is 1. The molecule has 7 heteroatoms. The molecule has 0 bridgehead atoms.